The molecule has 0 bridgehead atoms. The molecule has 0 unspecified atom stereocenters. The first-order chi connectivity index (χ1) is 13.1. The Morgan fingerprint density at radius 2 is 1.57 bits per heavy atom. The lowest BCUT2D eigenvalue weighted by atomic mass is 10.1. The summed E-state index contributed by atoms with van der Waals surface area (Å²) in [6.07, 6.45) is -4.24. The summed E-state index contributed by atoms with van der Waals surface area (Å²) in [5.74, 6) is -2.16. The van der Waals surface area contributed by atoms with Crippen molar-refractivity contribution in [1.29, 1.82) is 0 Å². The Hall–Kier alpha value is -3.23. The first-order valence-electron chi connectivity index (χ1n) is 8.35. The van der Waals surface area contributed by atoms with Gasteiger partial charge in [0.2, 0.25) is 0 Å². The number of halogens is 3. The van der Waals surface area contributed by atoms with Gasteiger partial charge in [-0.2, -0.15) is 0 Å². The number of benzene rings is 2. The summed E-state index contributed by atoms with van der Waals surface area (Å²) in [5.41, 5.74) is 2.24. The average Bonchev–Trinajstić information content (AvgIpc) is 2.62. The van der Waals surface area contributed by atoms with Crippen LogP contribution in [0.1, 0.15) is 5.56 Å². The van der Waals surface area contributed by atoms with Gasteiger partial charge in [0, 0.05) is 32.0 Å². The van der Waals surface area contributed by atoms with E-state index in [1.807, 2.05) is 43.3 Å². The van der Waals surface area contributed by atoms with E-state index in [-0.39, 0.29) is 12.2 Å². The summed E-state index contributed by atoms with van der Waals surface area (Å²) in [4.78, 5) is 25.7. The van der Waals surface area contributed by atoms with Crippen LogP contribution in [0.15, 0.2) is 48.5 Å². The summed E-state index contributed by atoms with van der Waals surface area (Å²) < 4.78 is 40.1. The van der Waals surface area contributed by atoms with Gasteiger partial charge < -0.3 is 20.3 Å². The van der Waals surface area contributed by atoms with Gasteiger partial charge in [0.1, 0.15) is 5.75 Å². The Balaban J connectivity index is 1.78. The first-order valence-corrected chi connectivity index (χ1v) is 8.35. The second-order valence-electron chi connectivity index (χ2n) is 6.09. The van der Waals surface area contributed by atoms with E-state index in [9.17, 15) is 22.8 Å². The number of nitrogens with one attached hydrogen (secondary N) is 2. The largest absolute Gasteiger partial charge is 0.573 e. The lowest BCUT2D eigenvalue weighted by Crippen LogP contribution is -2.36. The molecule has 2 aromatic carbocycles. The molecule has 0 fully saturated rings. The van der Waals surface area contributed by atoms with Crippen molar-refractivity contribution in [2.75, 3.05) is 30.9 Å². The molecule has 0 heterocycles. The summed E-state index contributed by atoms with van der Waals surface area (Å²) in [5, 5.41) is 4.80. The Morgan fingerprint density at radius 3 is 2.11 bits per heavy atom. The van der Waals surface area contributed by atoms with E-state index in [1.54, 1.807) is 0 Å². The lowest BCUT2D eigenvalue weighted by Gasteiger charge is -2.12. The van der Waals surface area contributed by atoms with Crippen LogP contribution in [0.5, 0.6) is 5.75 Å². The van der Waals surface area contributed by atoms with Crippen LogP contribution in [0.4, 0.5) is 24.5 Å². The number of hydrogen-bond donors (Lipinski definition) is 2. The predicted octanol–water partition coefficient (Wildman–Crippen LogP) is 2.95. The third-order valence-electron chi connectivity index (χ3n) is 3.70. The smallest absolute Gasteiger partial charge is 0.406 e. The highest BCUT2D eigenvalue weighted by atomic mass is 19.4. The van der Waals surface area contributed by atoms with Crippen molar-refractivity contribution >= 4 is 23.2 Å². The molecule has 6 nitrogen and oxygen atoms in total. The molecule has 0 aliphatic carbocycles. The Morgan fingerprint density at radius 1 is 0.964 bits per heavy atom. The molecule has 0 aromatic heterocycles. The van der Waals surface area contributed by atoms with Gasteiger partial charge in [-0.05, 0) is 48.4 Å². The van der Waals surface area contributed by atoms with Gasteiger partial charge in [-0.25, -0.2) is 0 Å². The Kier molecular flexibility index (Phi) is 6.86. The molecule has 0 aliphatic heterocycles. The van der Waals surface area contributed by atoms with Crippen LogP contribution in [-0.4, -0.2) is 38.8 Å². The standard InChI is InChI=1S/C19H20F3N3O3/c1-25(2)15-7-3-13(4-8-15)11-12-23-17(26)18(27)24-14-5-9-16(10-6-14)28-19(20,21)22/h3-10H,11-12H2,1-2H3,(H,23,26)(H,24,27). The maximum atomic E-state index is 12.1. The number of ether oxygens (including phenoxy) is 1. The van der Waals surface area contributed by atoms with Crippen molar-refractivity contribution < 1.29 is 27.5 Å². The van der Waals surface area contributed by atoms with E-state index in [0.29, 0.717) is 6.42 Å². The predicted molar refractivity (Wildman–Crippen MR) is 99.2 cm³/mol. The third kappa shape index (κ3) is 6.82. The minimum Gasteiger partial charge on any atom is -0.406 e. The molecule has 2 amide bonds. The number of hydrogen-bond acceptors (Lipinski definition) is 4. The van der Waals surface area contributed by atoms with Crippen LogP contribution in [0.2, 0.25) is 0 Å². The molecular formula is C19H20F3N3O3. The van der Waals surface area contributed by atoms with Crippen LogP contribution in [0, 0.1) is 0 Å². The number of carbonyl (C=O) groups is 2. The van der Waals surface area contributed by atoms with Crippen molar-refractivity contribution in [3.05, 3.63) is 54.1 Å². The van der Waals surface area contributed by atoms with Crippen LogP contribution in [0.3, 0.4) is 0 Å². The van der Waals surface area contributed by atoms with Crippen LogP contribution < -0.4 is 20.3 Å². The van der Waals surface area contributed by atoms with Gasteiger partial charge in [0.25, 0.3) is 0 Å². The molecule has 0 spiro atoms. The SMILES string of the molecule is CN(C)c1ccc(CCNC(=O)C(=O)Nc2ccc(OC(F)(F)F)cc2)cc1. The van der Waals surface area contributed by atoms with Gasteiger partial charge in [0.05, 0.1) is 0 Å². The molecule has 0 saturated heterocycles. The highest BCUT2D eigenvalue weighted by molar-refractivity contribution is 6.39. The normalized spacial score (nSPS) is 10.9. The molecule has 2 N–H and O–H groups in total. The van der Waals surface area contributed by atoms with Crippen molar-refractivity contribution in [3.8, 4) is 5.75 Å². The van der Waals surface area contributed by atoms with Crippen molar-refractivity contribution in [2.45, 2.75) is 12.8 Å². The molecule has 0 atom stereocenters. The maximum absolute atomic E-state index is 12.1. The molecule has 2 rings (SSSR count). The fraction of sp³-hybridized carbons (Fsp3) is 0.263. The zero-order chi connectivity index (χ0) is 20.7. The molecule has 0 radical (unpaired) electrons. The van der Waals surface area contributed by atoms with Gasteiger partial charge in [-0.15, -0.1) is 13.2 Å². The van der Waals surface area contributed by atoms with Gasteiger partial charge in [-0.1, -0.05) is 12.1 Å². The Labute approximate surface area is 160 Å². The van der Waals surface area contributed by atoms with Crippen molar-refractivity contribution in [3.63, 3.8) is 0 Å². The second-order valence-corrected chi connectivity index (χ2v) is 6.09. The quantitative estimate of drug-likeness (QED) is 0.738. The number of alkyl halides is 3. The van der Waals surface area contributed by atoms with Gasteiger partial charge in [-0.3, -0.25) is 9.59 Å². The third-order valence-corrected chi connectivity index (χ3v) is 3.70. The summed E-state index contributed by atoms with van der Waals surface area (Å²) in [6, 6.07) is 12.3. The van der Waals surface area contributed by atoms with Gasteiger partial charge >= 0.3 is 18.2 Å². The minimum atomic E-state index is -4.79. The van der Waals surface area contributed by atoms with E-state index in [2.05, 4.69) is 15.4 Å². The fourth-order valence-electron chi connectivity index (χ4n) is 2.29. The number of amides is 2. The van der Waals surface area contributed by atoms with Crippen molar-refractivity contribution in [2.24, 2.45) is 0 Å². The summed E-state index contributed by atoms with van der Waals surface area (Å²) in [7, 11) is 3.87. The van der Waals surface area contributed by atoms with E-state index in [0.717, 1.165) is 23.4 Å². The highest BCUT2D eigenvalue weighted by Gasteiger charge is 2.31. The van der Waals surface area contributed by atoms with E-state index < -0.39 is 23.9 Å². The highest BCUT2D eigenvalue weighted by Crippen LogP contribution is 2.23. The van der Waals surface area contributed by atoms with Gasteiger partial charge in [0.15, 0.2) is 0 Å². The topological polar surface area (TPSA) is 70.7 Å². The molecule has 150 valence electrons. The molecule has 0 aliphatic rings. The number of anilines is 2. The zero-order valence-corrected chi connectivity index (χ0v) is 15.3. The lowest BCUT2D eigenvalue weighted by molar-refractivity contribution is -0.274. The molecular weight excluding hydrogens is 375 g/mol. The molecule has 28 heavy (non-hydrogen) atoms. The second kappa shape index (κ2) is 9.12. The fourth-order valence-corrected chi connectivity index (χ4v) is 2.29. The minimum absolute atomic E-state index is 0.175. The Bertz CT molecular complexity index is 804. The zero-order valence-electron chi connectivity index (χ0n) is 15.3. The van der Waals surface area contributed by atoms with Crippen LogP contribution in [-0.2, 0) is 16.0 Å². The van der Waals surface area contributed by atoms with Crippen LogP contribution in [0.25, 0.3) is 0 Å². The molecule has 9 heteroatoms. The molecule has 2 aromatic rings. The first kappa shape index (κ1) is 21.1. The molecule has 0 saturated carbocycles. The van der Waals surface area contributed by atoms with E-state index in [4.69, 9.17) is 0 Å². The van der Waals surface area contributed by atoms with Crippen LogP contribution >= 0.6 is 0 Å². The average molecular weight is 395 g/mol. The number of nitrogens with zero attached hydrogens (tertiary/aromatic N) is 1. The monoisotopic (exact) mass is 395 g/mol. The van der Waals surface area contributed by atoms with E-state index in [1.165, 1.54) is 12.1 Å². The van der Waals surface area contributed by atoms with E-state index >= 15 is 0 Å². The van der Waals surface area contributed by atoms with Crippen molar-refractivity contribution in [1.82, 2.24) is 5.32 Å². The maximum Gasteiger partial charge on any atom is 0.573 e. The summed E-state index contributed by atoms with van der Waals surface area (Å²) >= 11 is 0. The summed E-state index contributed by atoms with van der Waals surface area (Å²) in [6.45, 7) is 0.270. The number of rotatable bonds is 6. The number of carbonyl (C=O) groups excluding carboxylic acids is 2.